The average molecular weight is 519 g/mol. The van der Waals surface area contributed by atoms with Crippen LogP contribution in [0.15, 0.2) is 36.7 Å². The molecule has 0 amide bonds. The van der Waals surface area contributed by atoms with Gasteiger partial charge in [-0.1, -0.05) is 0 Å². The lowest BCUT2D eigenvalue weighted by Crippen LogP contribution is -2.30. The summed E-state index contributed by atoms with van der Waals surface area (Å²) < 4.78 is 58.2. The zero-order valence-electron chi connectivity index (χ0n) is 15.0. The van der Waals surface area contributed by atoms with Crippen molar-refractivity contribution >= 4 is 28.6 Å². The van der Waals surface area contributed by atoms with Gasteiger partial charge in [-0.2, -0.15) is 0 Å². The van der Waals surface area contributed by atoms with Crippen molar-refractivity contribution < 1.29 is 32.2 Å². The topological polar surface area (TPSA) is 75.5 Å². The first kappa shape index (κ1) is 21.0. The fourth-order valence-corrected chi connectivity index (χ4v) is 3.23. The smallest absolute Gasteiger partial charge is 0.376 e. The lowest BCUT2D eigenvalue weighted by atomic mass is 10.2. The molecule has 7 nitrogen and oxygen atoms in total. The zero-order valence-corrected chi connectivity index (χ0v) is 17.2. The lowest BCUT2D eigenvalue weighted by molar-refractivity contribution is -0.170. The molecule has 0 N–H and O–H groups in total. The number of rotatable bonds is 6. The minimum atomic E-state index is -1.45. The second kappa shape index (κ2) is 8.78. The van der Waals surface area contributed by atoms with Crippen molar-refractivity contribution in [3.63, 3.8) is 0 Å². The number of carbonyl (C=O) groups excluding carboxylic acids is 1. The van der Waals surface area contributed by atoms with Crippen molar-refractivity contribution in [2.45, 2.75) is 6.29 Å². The van der Waals surface area contributed by atoms with Gasteiger partial charge in [-0.05, 0) is 40.8 Å². The Balaban J connectivity index is 2.21. The maximum Gasteiger partial charge on any atom is 0.376 e. The first-order chi connectivity index (χ1) is 13.8. The van der Waals surface area contributed by atoms with Crippen LogP contribution in [0.1, 0.15) is 0 Å². The van der Waals surface area contributed by atoms with Gasteiger partial charge in [-0.3, -0.25) is 4.98 Å². The SMILES string of the molecule is COC(=O)C(OC)Oc1nn(-c2cc(F)ccc2F)c(-c2cncc(F)c2)c1I. The van der Waals surface area contributed by atoms with E-state index in [-0.39, 0.29) is 26.4 Å². The Hall–Kier alpha value is -2.67. The molecule has 0 saturated carbocycles. The van der Waals surface area contributed by atoms with Crippen LogP contribution in [0, 0.1) is 21.0 Å². The fraction of sp³-hybridized carbons (Fsp3) is 0.167. The number of benzene rings is 1. The second-order valence-corrected chi connectivity index (χ2v) is 6.65. The molecule has 0 radical (unpaired) electrons. The molecule has 0 bridgehead atoms. The lowest BCUT2D eigenvalue weighted by Gasteiger charge is -2.13. The van der Waals surface area contributed by atoms with Crippen molar-refractivity contribution in [1.29, 1.82) is 0 Å². The van der Waals surface area contributed by atoms with Crippen LogP contribution in [-0.4, -0.2) is 41.2 Å². The molecule has 29 heavy (non-hydrogen) atoms. The van der Waals surface area contributed by atoms with Gasteiger partial charge in [0.1, 0.15) is 26.7 Å². The molecule has 152 valence electrons. The molecule has 0 spiro atoms. The highest BCUT2D eigenvalue weighted by molar-refractivity contribution is 14.1. The van der Waals surface area contributed by atoms with Gasteiger partial charge in [0.15, 0.2) is 0 Å². The molecule has 1 aromatic carbocycles. The van der Waals surface area contributed by atoms with E-state index in [1.165, 1.54) is 13.3 Å². The third kappa shape index (κ3) is 4.34. The van der Waals surface area contributed by atoms with Crippen molar-refractivity contribution in [3.8, 4) is 22.8 Å². The predicted octanol–water partition coefficient (Wildman–Crippen LogP) is 3.48. The van der Waals surface area contributed by atoms with Crippen LogP contribution >= 0.6 is 22.6 Å². The Kier molecular flexibility index (Phi) is 6.37. The van der Waals surface area contributed by atoms with Gasteiger partial charge in [-0.25, -0.2) is 22.6 Å². The van der Waals surface area contributed by atoms with E-state index in [2.05, 4.69) is 14.8 Å². The molecule has 0 aliphatic carbocycles. The third-order valence-electron chi connectivity index (χ3n) is 3.74. The maximum atomic E-state index is 14.4. The molecule has 1 unspecified atom stereocenters. The first-order valence-corrected chi connectivity index (χ1v) is 9.05. The number of methoxy groups -OCH3 is 2. The Morgan fingerprint density at radius 3 is 2.55 bits per heavy atom. The molecule has 0 aliphatic heterocycles. The monoisotopic (exact) mass is 519 g/mol. The van der Waals surface area contributed by atoms with Crippen molar-refractivity contribution in [3.05, 3.63) is 57.7 Å². The van der Waals surface area contributed by atoms with E-state index in [9.17, 15) is 18.0 Å². The van der Waals surface area contributed by atoms with E-state index in [1.807, 2.05) is 22.6 Å². The predicted molar refractivity (Wildman–Crippen MR) is 103 cm³/mol. The van der Waals surface area contributed by atoms with Crippen LogP contribution in [0.3, 0.4) is 0 Å². The molecule has 3 aromatic rings. The number of pyridine rings is 1. The molecule has 3 rings (SSSR count). The Morgan fingerprint density at radius 1 is 1.14 bits per heavy atom. The summed E-state index contributed by atoms with van der Waals surface area (Å²) >= 11 is 1.83. The summed E-state index contributed by atoms with van der Waals surface area (Å²) in [6, 6.07) is 3.95. The van der Waals surface area contributed by atoms with Crippen molar-refractivity contribution in [2.75, 3.05) is 14.2 Å². The first-order valence-electron chi connectivity index (χ1n) is 7.97. The summed E-state index contributed by atoms with van der Waals surface area (Å²) in [6.45, 7) is 0. The average Bonchev–Trinajstić information content (AvgIpc) is 3.03. The van der Waals surface area contributed by atoms with Crippen LogP contribution in [0.2, 0.25) is 0 Å². The largest absolute Gasteiger partial charge is 0.464 e. The Morgan fingerprint density at radius 2 is 1.90 bits per heavy atom. The third-order valence-corrected chi connectivity index (χ3v) is 4.71. The van der Waals surface area contributed by atoms with E-state index >= 15 is 0 Å². The number of carbonyl (C=O) groups is 1. The number of aromatic nitrogens is 3. The highest BCUT2D eigenvalue weighted by Gasteiger charge is 2.28. The number of esters is 1. The molecule has 11 heteroatoms. The van der Waals surface area contributed by atoms with Gasteiger partial charge in [-0.15, -0.1) is 5.10 Å². The van der Waals surface area contributed by atoms with E-state index in [1.54, 1.807) is 0 Å². The summed E-state index contributed by atoms with van der Waals surface area (Å²) in [5.74, 6) is -3.09. The second-order valence-electron chi connectivity index (χ2n) is 5.58. The summed E-state index contributed by atoms with van der Waals surface area (Å²) in [4.78, 5) is 15.5. The zero-order chi connectivity index (χ0) is 21.1. The van der Waals surface area contributed by atoms with Gasteiger partial charge in [0.2, 0.25) is 5.88 Å². The van der Waals surface area contributed by atoms with Gasteiger partial charge in [0, 0.05) is 24.9 Å². The number of hydrogen-bond donors (Lipinski definition) is 0. The number of ether oxygens (including phenoxy) is 3. The number of halogens is 4. The molecular formula is C18H13F3IN3O4. The van der Waals surface area contributed by atoms with Gasteiger partial charge in [0.05, 0.1) is 19.0 Å². The van der Waals surface area contributed by atoms with Crippen molar-refractivity contribution in [1.82, 2.24) is 14.8 Å². The Bertz CT molecular complexity index is 1060. The minimum absolute atomic E-state index is 0.134. The maximum absolute atomic E-state index is 14.4. The molecule has 2 heterocycles. The highest BCUT2D eigenvalue weighted by Crippen LogP contribution is 2.35. The standard InChI is InChI=1S/C18H13F3IN3O4/c1-27-17(26)18(28-2)29-16-14(22)15(9-5-11(20)8-23-7-9)25(24-16)13-6-10(19)3-4-12(13)21/h3-8,18H,1-2H3. The minimum Gasteiger partial charge on any atom is -0.464 e. The summed E-state index contributed by atoms with van der Waals surface area (Å²) in [6.07, 6.45) is 0.872. The Labute approximate surface area is 176 Å². The van der Waals surface area contributed by atoms with E-state index in [0.29, 0.717) is 0 Å². The quantitative estimate of drug-likeness (QED) is 0.282. The van der Waals surface area contributed by atoms with E-state index in [0.717, 1.165) is 42.3 Å². The van der Waals surface area contributed by atoms with Crippen LogP contribution < -0.4 is 4.74 Å². The highest BCUT2D eigenvalue weighted by atomic mass is 127. The number of nitrogens with zero attached hydrogens (tertiary/aromatic N) is 3. The summed E-state index contributed by atoms with van der Waals surface area (Å²) in [7, 11) is 2.36. The summed E-state index contributed by atoms with van der Waals surface area (Å²) in [5.41, 5.74) is 0.160. The molecule has 0 fully saturated rings. The van der Waals surface area contributed by atoms with E-state index in [4.69, 9.17) is 9.47 Å². The molecule has 0 saturated heterocycles. The molecule has 1 atom stereocenters. The van der Waals surface area contributed by atoms with Crippen LogP contribution in [-0.2, 0) is 14.3 Å². The van der Waals surface area contributed by atoms with E-state index < -0.39 is 29.7 Å². The fourth-order valence-electron chi connectivity index (χ4n) is 2.46. The van der Waals surface area contributed by atoms with Crippen LogP contribution in [0.4, 0.5) is 13.2 Å². The molecule has 0 aliphatic rings. The van der Waals surface area contributed by atoms with Crippen LogP contribution in [0.25, 0.3) is 16.9 Å². The normalized spacial score (nSPS) is 11.9. The molecule has 2 aromatic heterocycles. The van der Waals surface area contributed by atoms with Gasteiger partial charge < -0.3 is 14.2 Å². The number of hydrogen-bond acceptors (Lipinski definition) is 6. The van der Waals surface area contributed by atoms with Gasteiger partial charge >= 0.3 is 12.3 Å². The van der Waals surface area contributed by atoms with Crippen molar-refractivity contribution in [2.24, 2.45) is 0 Å². The molecular weight excluding hydrogens is 506 g/mol. The van der Waals surface area contributed by atoms with Crippen LogP contribution in [0.5, 0.6) is 5.88 Å². The summed E-state index contributed by atoms with van der Waals surface area (Å²) in [5, 5.41) is 4.13. The van der Waals surface area contributed by atoms with Gasteiger partial charge in [0.25, 0.3) is 0 Å².